The van der Waals surface area contributed by atoms with Crippen LogP contribution in [0.2, 0.25) is 0 Å². The number of H-pyrrole nitrogens is 1. The van der Waals surface area contributed by atoms with Crippen molar-refractivity contribution >= 4 is 44.1 Å². The van der Waals surface area contributed by atoms with E-state index < -0.39 is 35.5 Å². The van der Waals surface area contributed by atoms with Gasteiger partial charge < -0.3 is 19.8 Å². The molecule has 3 aromatic heterocycles. The van der Waals surface area contributed by atoms with Crippen LogP contribution in [0.5, 0.6) is 5.75 Å². The Labute approximate surface area is 222 Å². The van der Waals surface area contributed by atoms with E-state index >= 15 is 0 Å². The lowest BCUT2D eigenvalue weighted by Gasteiger charge is -2.22. The van der Waals surface area contributed by atoms with Crippen molar-refractivity contribution in [1.29, 1.82) is 0 Å². The molecule has 15 heteroatoms. The van der Waals surface area contributed by atoms with Gasteiger partial charge in [0.2, 0.25) is 10.3 Å². The van der Waals surface area contributed by atoms with Crippen LogP contribution < -0.4 is 15.4 Å². The first-order chi connectivity index (χ1) is 18.7. The fourth-order valence-electron chi connectivity index (χ4n) is 4.18. The third-order valence-corrected chi connectivity index (χ3v) is 6.76. The van der Waals surface area contributed by atoms with Crippen molar-refractivity contribution in [2.24, 2.45) is 0 Å². The number of alkyl halides is 3. The number of aromatic nitrogens is 5. The third kappa shape index (κ3) is 6.31. The molecule has 3 N–H and O–H groups in total. The number of aromatic amines is 1. The molecule has 0 fully saturated rings. The van der Waals surface area contributed by atoms with Crippen molar-refractivity contribution in [3.63, 3.8) is 0 Å². The van der Waals surface area contributed by atoms with E-state index in [1.165, 1.54) is 0 Å². The van der Waals surface area contributed by atoms with E-state index in [1.807, 2.05) is 18.3 Å². The van der Waals surface area contributed by atoms with Crippen LogP contribution in [0.25, 0.3) is 16.6 Å². The number of halogens is 4. The summed E-state index contributed by atoms with van der Waals surface area (Å²) >= 11 is 1.06. The third-order valence-electron chi connectivity index (χ3n) is 5.99. The fourth-order valence-corrected chi connectivity index (χ4v) is 4.91. The maximum Gasteiger partial charge on any atom is 0.573 e. The quantitative estimate of drug-likeness (QED) is 0.249. The summed E-state index contributed by atoms with van der Waals surface area (Å²) in [6.45, 7) is 0. The Bertz CT molecular complexity index is 1520. The number of benzene rings is 1. The Balaban J connectivity index is 1.20. The van der Waals surface area contributed by atoms with Crippen molar-refractivity contribution in [2.75, 3.05) is 17.7 Å². The Morgan fingerprint density at radius 1 is 1.15 bits per heavy atom. The number of carbonyl (C=O) groups excluding carboxylic acids is 1. The zero-order valence-electron chi connectivity index (χ0n) is 20.3. The molecule has 39 heavy (non-hydrogen) atoms. The number of methoxy groups -OCH3 is 1. The number of nitrogens with one attached hydrogen (secondary N) is 3. The summed E-state index contributed by atoms with van der Waals surface area (Å²) in [4.78, 5) is 15.8. The monoisotopic (exact) mass is 563 g/mol. The van der Waals surface area contributed by atoms with Crippen molar-refractivity contribution in [2.45, 2.75) is 37.8 Å². The fraction of sp³-hybridized carbons (Fsp3) is 0.292. The van der Waals surface area contributed by atoms with E-state index in [0.717, 1.165) is 71.8 Å². The predicted octanol–water partition coefficient (Wildman–Crippen LogP) is 5.22. The first kappa shape index (κ1) is 26.5. The molecule has 1 aliphatic rings. The summed E-state index contributed by atoms with van der Waals surface area (Å²) in [7, 11) is 1.13. The van der Waals surface area contributed by atoms with Gasteiger partial charge in [-0.3, -0.25) is 10.1 Å². The van der Waals surface area contributed by atoms with Crippen molar-refractivity contribution in [3.8, 4) is 5.75 Å². The average molecular weight is 564 g/mol. The maximum atomic E-state index is 14.3. The Morgan fingerprint density at radius 2 is 1.97 bits per heavy atom. The number of hydrogen-bond donors (Lipinski definition) is 3. The van der Waals surface area contributed by atoms with Crippen LogP contribution in [-0.4, -0.2) is 50.8 Å². The van der Waals surface area contributed by atoms with Crippen LogP contribution in [0.4, 0.5) is 27.8 Å². The Kier molecular flexibility index (Phi) is 7.43. The van der Waals surface area contributed by atoms with Crippen molar-refractivity contribution in [1.82, 2.24) is 25.4 Å². The molecule has 1 amide bonds. The van der Waals surface area contributed by atoms with E-state index in [-0.39, 0.29) is 11.2 Å². The van der Waals surface area contributed by atoms with Gasteiger partial charge in [0.1, 0.15) is 11.6 Å². The topological polar surface area (TPSA) is 127 Å². The van der Waals surface area contributed by atoms with Gasteiger partial charge in [-0.1, -0.05) is 17.4 Å². The number of rotatable bonds is 8. The van der Waals surface area contributed by atoms with E-state index in [2.05, 4.69) is 46.8 Å². The molecule has 0 saturated heterocycles. The zero-order valence-corrected chi connectivity index (χ0v) is 21.1. The minimum absolute atomic E-state index is 0.0754. The Morgan fingerprint density at radius 3 is 2.72 bits per heavy atom. The molecule has 3 heterocycles. The molecule has 1 aliphatic carbocycles. The molecule has 0 bridgehead atoms. The van der Waals surface area contributed by atoms with Gasteiger partial charge in [-0.15, -0.1) is 33.6 Å². The normalized spacial score (nSPS) is 16.5. The summed E-state index contributed by atoms with van der Waals surface area (Å²) in [5.74, 6) is -2.46. The molecule has 2 atom stereocenters. The van der Waals surface area contributed by atoms with Crippen molar-refractivity contribution < 1.29 is 31.8 Å². The zero-order chi connectivity index (χ0) is 27.6. The number of allylic oxidation sites excluding steroid dienone is 1. The van der Waals surface area contributed by atoms with Crippen LogP contribution in [-0.2, 0) is 9.53 Å². The van der Waals surface area contributed by atoms with Gasteiger partial charge >= 0.3 is 6.36 Å². The molecule has 0 aliphatic heterocycles. The first-order valence-corrected chi connectivity index (χ1v) is 12.5. The molecule has 0 saturated carbocycles. The smallest absolute Gasteiger partial charge is 0.406 e. The first-order valence-electron chi connectivity index (χ1n) is 11.7. The van der Waals surface area contributed by atoms with Gasteiger partial charge in [-0.2, -0.15) is 0 Å². The van der Waals surface area contributed by atoms with Crippen LogP contribution in [0.1, 0.15) is 36.6 Å². The lowest BCUT2D eigenvalue weighted by Crippen LogP contribution is -2.24. The molecule has 2 unspecified atom stereocenters. The van der Waals surface area contributed by atoms with Crippen LogP contribution >= 0.6 is 11.3 Å². The molecular weight excluding hydrogens is 542 g/mol. The van der Waals surface area contributed by atoms with E-state index in [0.29, 0.717) is 11.6 Å². The SMILES string of the molecule is COC(C(=O)Nc1nnc(NC2CC=C(c3cc4cc[nH]c4nn3)CC2)s1)c1cc(OC(F)(F)F)ccc1F. The molecule has 1 aromatic carbocycles. The standard InChI is InChI=1S/C24H21F4N7O3S/c1-37-19(16-11-15(6-7-17(16)25)38-24(26,27)28)21(36)31-23-35-34-22(39-23)30-14-4-2-12(3-5-14)18-10-13-8-9-29-20(13)33-32-18/h2,6-11,14,19H,3-5H2,1H3,(H,29,33)(H,30,34)(H,31,35,36). The van der Waals surface area contributed by atoms with Gasteiger partial charge in [0.15, 0.2) is 11.8 Å². The summed E-state index contributed by atoms with van der Waals surface area (Å²) in [5, 5.41) is 23.7. The largest absolute Gasteiger partial charge is 0.573 e. The second-order valence-electron chi connectivity index (χ2n) is 8.60. The Hall–Kier alpha value is -4.11. The lowest BCUT2D eigenvalue weighted by atomic mass is 9.93. The van der Waals surface area contributed by atoms with Crippen LogP contribution in [0.3, 0.4) is 0 Å². The van der Waals surface area contributed by atoms with Gasteiger partial charge in [0.25, 0.3) is 5.91 Å². The second kappa shape index (κ2) is 10.9. The molecule has 5 rings (SSSR count). The number of amides is 1. The minimum atomic E-state index is -4.98. The summed E-state index contributed by atoms with van der Waals surface area (Å²) < 4.78 is 60.9. The van der Waals surface area contributed by atoms with Gasteiger partial charge in [-0.25, -0.2) is 4.39 Å². The van der Waals surface area contributed by atoms with Gasteiger partial charge in [-0.05, 0) is 55.2 Å². The van der Waals surface area contributed by atoms with Crippen LogP contribution in [0, 0.1) is 5.82 Å². The number of carbonyl (C=O) groups is 1. The number of anilines is 2. The van der Waals surface area contributed by atoms with E-state index in [1.54, 1.807) is 0 Å². The number of fused-ring (bicyclic) bond motifs is 1. The molecule has 4 aromatic rings. The van der Waals surface area contributed by atoms with Crippen LogP contribution in [0.15, 0.2) is 42.6 Å². The maximum absolute atomic E-state index is 14.3. The van der Waals surface area contributed by atoms with E-state index in [9.17, 15) is 22.4 Å². The molecule has 204 valence electrons. The summed E-state index contributed by atoms with van der Waals surface area (Å²) in [6, 6.07) is 6.34. The predicted molar refractivity (Wildman–Crippen MR) is 134 cm³/mol. The highest BCUT2D eigenvalue weighted by atomic mass is 32.1. The highest BCUT2D eigenvalue weighted by Crippen LogP contribution is 2.32. The number of hydrogen-bond acceptors (Lipinski definition) is 9. The highest BCUT2D eigenvalue weighted by Gasteiger charge is 2.32. The molecule has 0 spiro atoms. The summed E-state index contributed by atoms with van der Waals surface area (Å²) in [5.41, 5.74) is 2.25. The average Bonchev–Trinajstić information content (AvgIpc) is 3.54. The van der Waals surface area contributed by atoms with Gasteiger partial charge in [0, 0.05) is 30.3 Å². The van der Waals surface area contributed by atoms with E-state index in [4.69, 9.17) is 4.74 Å². The van der Waals surface area contributed by atoms with Gasteiger partial charge in [0.05, 0.1) is 5.69 Å². The minimum Gasteiger partial charge on any atom is -0.406 e. The molecular formula is C24H21F4N7O3S. The summed E-state index contributed by atoms with van der Waals surface area (Å²) in [6.07, 6.45) is -0.319. The lowest BCUT2D eigenvalue weighted by molar-refractivity contribution is -0.274. The molecule has 0 radical (unpaired) electrons. The highest BCUT2D eigenvalue weighted by molar-refractivity contribution is 7.19. The molecule has 10 nitrogen and oxygen atoms in total. The number of nitrogens with zero attached hydrogens (tertiary/aromatic N) is 4. The van der Waals surface area contributed by atoms with Crippen molar-refractivity contribution in [3.05, 3.63) is 59.7 Å². The second-order valence-corrected chi connectivity index (χ2v) is 9.58. The number of ether oxygens (including phenoxy) is 2.